The number of nitrogens with one attached hydrogen (secondary N) is 3. The van der Waals surface area contributed by atoms with E-state index in [9.17, 15) is 8.42 Å². The van der Waals surface area contributed by atoms with Gasteiger partial charge in [-0.15, -0.1) is 0 Å². The number of nitrogens with two attached hydrogens (primary N) is 1. The number of rotatable bonds is 5. The SMILES string of the molecule is CNS(=O)(=O)c1ccc(N)c(NCc2ccn[nH]2)c1. The van der Waals surface area contributed by atoms with E-state index in [1.54, 1.807) is 12.3 Å². The number of hydrogen-bond acceptors (Lipinski definition) is 5. The van der Waals surface area contributed by atoms with Crippen LogP contribution < -0.4 is 15.8 Å². The first-order valence-corrected chi connectivity index (χ1v) is 7.06. The number of aromatic nitrogens is 2. The lowest BCUT2D eigenvalue weighted by atomic mass is 10.2. The molecule has 0 saturated heterocycles. The number of anilines is 2. The number of sulfonamides is 1. The molecule has 1 aromatic carbocycles. The topological polar surface area (TPSA) is 113 Å². The summed E-state index contributed by atoms with van der Waals surface area (Å²) in [6.45, 7) is 0.479. The van der Waals surface area contributed by atoms with Crippen molar-refractivity contribution in [1.82, 2.24) is 14.9 Å². The zero-order valence-corrected chi connectivity index (χ0v) is 11.2. The van der Waals surface area contributed by atoms with Crippen LogP contribution in [0.4, 0.5) is 11.4 Å². The zero-order chi connectivity index (χ0) is 13.9. The Balaban J connectivity index is 2.22. The highest BCUT2D eigenvalue weighted by Crippen LogP contribution is 2.23. The van der Waals surface area contributed by atoms with Gasteiger partial charge in [0, 0.05) is 6.20 Å². The third-order valence-electron chi connectivity index (χ3n) is 2.63. The second-order valence-electron chi connectivity index (χ2n) is 3.89. The van der Waals surface area contributed by atoms with Gasteiger partial charge in [0.15, 0.2) is 0 Å². The van der Waals surface area contributed by atoms with Crippen molar-refractivity contribution in [3.63, 3.8) is 0 Å². The van der Waals surface area contributed by atoms with Crippen LogP contribution in [0, 0.1) is 0 Å². The molecular formula is C11H15N5O2S. The molecule has 0 fully saturated rings. The number of hydrogen-bond donors (Lipinski definition) is 4. The van der Waals surface area contributed by atoms with Crippen LogP contribution in [0.3, 0.4) is 0 Å². The molecule has 7 nitrogen and oxygen atoms in total. The van der Waals surface area contributed by atoms with Crippen LogP contribution >= 0.6 is 0 Å². The lowest BCUT2D eigenvalue weighted by Gasteiger charge is -2.10. The third kappa shape index (κ3) is 3.04. The van der Waals surface area contributed by atoms with Crippen LogP contribution in [0.1, 0.15) is 5.69 Å². The fourth-order valence-corrected chi connectivity index (χ4v) is 2.30. The van der Waals surface area contributed by atoms with Crippen molar-refractivity contribution < 1.29 is 8.42 Å². The molecule has 5 N–H and O–H groups in total. The summed E-state index contributed by atoms with van der Waals surface area (Å²) >= 11 is 0. The number of nitrogens with zero attached hydrogens (tertiary/aromatic N) is 1. The molecule has 0 bridgehead atoms. The minimum atomic E-state index is -3.48. The quantitative estimate of drug-likeness (QED) is 0.596. The molecule has 8 heteroatoms. The van der Waals surface area contributed by atoms with Crippen molar-refractivity contribution in [2.45, 2.75) is 11.4 Å². The summed E-state index contributed by atoms with van der Waals surface area (Å²) in [5, 5.41) is 9.69. The molecule has 0 spiro atoms. The monoisotopic (exact) mass is 281 g/mol. The van der Waals surface area contributed by atoms with Gasteiger partial charge in [0.25, 0.3) is 0 Å². The molecule has 1 aromatic heterocycles. The second kappa shape index (κ2) is 5.29. The van der Waals surface area contributed by atoms with E-state index < -0.39 is 10.0 Å². The standard InChI is InChI=1S/C11H15N5O2S/c1-13-19(17,18)9-2-3-10(12)11(6-9)14-7-8-4-5-15-16-8/h2-6,13-14H,7,12H2,1H3,(H,15,16). The summed E-state index contributed by atoms with van der Waals surface area (Å²) in [5.74, 6) is 0. The lowest BCUT2D eigenvalue weighted by Crippen LogP contribution is -2.18. The van der Waals surface area contributed by atoms with Gasteiger partial charge in [-0.1, -0.05) is 0 Å². The normalized spacial score (nSPS) is 11.4. The van der Waals surface area contributed by atoms with Crippen LogP contribution in [0.15, 0.2) is 35.4 Å². The number of H-pyrrole nitrogens is 1. The van der Waals surface area contributed by atoms with Crippen LogP contribution in [0.25, 0.3) is 0 Å². The lowest BCUT2D eigenvalue weighted by molar-refractivity contribution is 0.588. The molecule has 0 saturated carbocycles. The molecule has 102 valence electrons. The Morgan fingerprint density at radius 2 is 2.16 bits per heavy atom. The Kier molecular flexibility index (Phi) is 3.72. The maximum absolute atomic E-state index is 11.7. The van der Waals surface area contributed by atoms with Gasteiger partial charge in [0.1, 0.15) is 0 Å². The zero-order valence-electron chi connectivity index (χ0n) is 10.3. The summed E-state index contributed by atoms with van der Waals surface area (Å²) in [7, 11) is -2.11. The molecule has 1 heterocycles. The van der Waals surface area contributed by atoms with Crippen LogP contribution in [0.5, 0.6) is 0 Å². The average molecular weight is 281 g/mol. The predicted molar refractivity (Wildman–Crippen MR) is 73.0 cm³/mol. The fraction of sp³-hybridized carbons (Fsp3) is 0.182. The molecule has 0 aliphatic rings. The van der Waals surface area contributed by atoms with Gasteiger partial charge in [-0.05, 0) is 31.3 Å². The van der Waals surface area contributed by atoms with Gasteiger partial charge in [0.05, 0.1) is 28.5 Å². The maximum Gasteiger partial charge on any atom is 0.240 e. The molecule has 0 atom stereocenters. The minimum absolute atomic E-state index is 0.163. The molecule has 0 unspecified atom stereocenters. The smallest absolute Gasteiger partial charge is 0.240 e. The molecule has 0 amide bonds. The van der Waals surface area contributed by atoms with E-state index in [4.69, 9.17) is 5.73 Å². The van der Waals surface area contributed by atoms with Gasteiger partial charge < -0.3 is 11.1 Å². The van der Waals surface area contributed by atoms with Crippen LogP contribution in [0.2, 0.25) is 0 Å². The molecule has 0 aliphatic heterocycles. The first-order valence-electron chi connectivity index (χ1n) is 5.58. The van der Waals surface area contributed by atoms with E-state index in [-0.39, 0.29) is 4.90 Å². The summed E-state index contributed by atoms with van der Waals surface area (Å²) in [6.07, 6.45) is 1.64. The highest BCUT2D eigenvalue weighted by atomic mass is 32.2. The Bertz CT molecular complexity index is 652. The van der Waals surface area contributed by atoms with Crippen molar-refractivity contribution >= 4 is 21.4 Å². The molecular weight excluding hydrogens is 266 g/mol. The number of aromatic amines is 1. The Hall–Kier alpha value is -2.06. The van der Waals surface area contributed by atoms with Gasteiger partial charge in [-0.2, -0.15) is 5.10 Å². The minimum Gasteiger partial charge on any atom is -0.397 e. The van der Waals surface area contributed by atoms with Crippen LogP contribution in [-0.2, 0) is 16.6 Å². The van der Waals surface area contributed by atoms with Gasteiger partial charge in [-0.25, -0.2) is 13.1 Å². The molecule has 19 heavy (non-hydrogen) atoms. The van der Waals surface area contributed by atoms with Crippen molar-refractivity contribution in [2.24, 2.45) is 0 Å². The Morgan fingerprint density at radius 1 is 1.37 bits per heavy atom. The van der Waals surface area contributed by atoms with E-state index in [1.807, 2.05) is 6.07 Å². The van der Waals surface area contributed by atoms with Crippen molar-refractivity contribution in [2.75, 3.05) is 18.1 Å². The Morgan fingerprint density at radius 3 is 2.79 bits per heavy atom. The van der Waals surface area contributed by atoms with E-state index in [1.165, 1.54) is 19.2 Å². The van der Waals surface area contributed by atoms with E-state index in [0.29, 0.717) is 17.9 Å². The van der Waals surface area contributed by atoms with Crippen LogP contribution in [-0.4, -0.2) is 25.7 Å². The average Bonchev–Trinajstić information content (AvgIpc) is 2.90. The number of benzene rings is 1. The van der Waals surface area contributed by atoms with Gasteiger partial charge in [0.2, 0.25) is 10.0 Å². The largest absolute Gasteiger partial charge is 0.397 e. The van der Waals surface area contributed by atoms with Crippen molar-refractivity contribution in [1.29, 1.82) is 0 Å². The van der Waals surface area contributed by atoms with Gasteiger partial charge >= 0.3 is 0 Å². The number of nitrogen functional groups attached to an aromatic ring is 1. The summed E-state index contributed by atoms with van der Waals surface area (Å²) in [4.78, 5) is 0.163. The summed E-state index contributed by atoms with van der Waals surface area (Å²) in [5.41, 5.74) is 7.73. The molecule has 0 radical (unpaired) electrons. The molecule has 2 aromatic rings. The first kappa shape index (κ1) is 13.4. The predicted octanol–water partition coefficient (Wildman–Crippen LogP) is 0.512. The van der Waals surface area contributed by atoms with Crippen molar-refractivity contribution in [3.8, 4) is 0 Å². The van der Waals surface area contributed by atoms with Gasteiger partial charge in [-0.3, -0.25) is 5.10 Å². The van der Waals surface area contributed by atoms with E-state index in [0.717, 1.165) is 5.69 Å². The highest BCUT2D eigenvalue weighted by Gasteiger charge is 2.13. The summed E-state index contributed by atoms with van der Waals surface area (Å²) in [6, 6.07) is 6.33. The third-order valence-corrected chi connectivity index (χ3v) is 4.04. The van der Waals surface area contributed by atoms with E-state index >= 15 is 0 Å². The summed E-state index contributed by atoms with van der Waals surface area (Å²) < 4.78 is 25.7. The molecule has 0 aliphatic carbocycles. The van der Waals surface area contributed by atoms with E-state index in [2.05, 4.69) is 20.2 Å². The fourth-order valence-electron chi connectivity index (χ4n) is 1.55. The Labute approximate surface area is 111 Å². The molecule has 2 rings (SSSR count). The second-order valence-corrected chi connectivity index (χ2v) is 5.78. The van der Waals surface area contributed by atoms with Crippen molar-refractivity contribution in [3.05, 3.63) is 36.2 Å². The highest BCUT2D eigenvalue weighted by molar-refractivity contribution is 7.89. The first-order chi connectivity index (χ1) is 9.03. The maximum atomic E-state index is 11.7.